The molecular weight excluding hydrogens is 236 g/mol. The molecule has 2 nitrogen and oxygen atoms in total. The third kappa shape index (κ3) is 2.14. The first kappa shape index (κ1) is 12.3. The van der Waals surface area contributed by atoms with Crippen LogP contribution in [0.2, 0.25) is 5.02 Å². The van der Waals surface area contributed by atoms with Gasteiger partial charge in [0.25, 0.3) is 0 Å². The van der Waals surface area contributed by atoms with Gasteiger partial charge in [-0.2, -0.15) is 0 Å². The molecule has 2 rings (SSSR count). The van der Waals surface area contributed by atoms with Crippen LogP contribution in [0.3, 0.4) is 0 Å². The van der Waals surface area contributed by atoms with E-state index in [0.717, 1.165) is 24.8 Å². The number of ether oxygens (including phenoxy) is 1. The second-order valence-electron chi connectivity index (χ2n) is 4.66. The fourth-order valence-corrected chi connectivity index (χ4v) is 2.54. The quantitative estimate of drug-likeness (QED) is 0.853. The Bertz CT molecular complexity index is 454. The number of allylic oxidation sites excluding steroid dienone is 2. The van der Waals surface area contributed by atoms with Gasteiger partial charge in [-0.25, -0.2) is 0 Å². The van der Waals surface area contributed by atoms with Crippen molar-refractivity contribution in [1.82, 2.24) is 0 Å². The molecule has 1 atom stereocenters. The van der Waals surface area contributed by atoms with E-state index in [1.54, 1.807) is 7.11 Å². The third-order valence-electron chi connectivity index (χ3n) is 3.57. The number of benzene rings is 1. The fraction of sp³-hybridized carbons (Fsp3) is 0.429. The molecule has 0 amide bonds. The van der Waals surface area contributed by atoms with Crippen LogP contribution in [0.5, 0.6) is 5.75 Å². The van der Waals surface area contributed by atoms with E-state index in [1.807, 2.05) is 24.3 Å². The molecule has 1 aromatic rings. The highest BCUT2D eigenvalue weighted by Crippen LogP contribution is 2.41. The molecule has 0 aliphatic heterocycles. The lowest BCUT2D eigenvalue weighted by atomic mass is 9.73. The summed E-state index contributed by atoms with van der Waals surface area (Å²) in [6, 6.07) is 5.70. The van der Waals surface area contributed by atoms with E-state index in [-0.39, 0.29) is 5.41 Å². The van der Waals surface area contributed by atoms with Gasteiger partial charge in [0.05, 0.1) is 17.9 Å². The zero-order chi connectivity index (χ0) is 12.5. The van der Waals surface area contributed by atoms with Gasteiger partial charge < -0.3 is 9.84 Å². The molecule has 17 heavy (non-hydrogen) atoms. The summed E-state index contributed by atoms with van der Waals surface area (Å²) in [4.78, 5) is 0. The normalized spacial score (nSPS) is 24.3. The highest BCUT2D eigenvalue weighted by atomic mass is 35.5. The summed E-state index contributed by atoms with van der Waals surface area (Å²) >= 11 is 6.01. The Kier molecular flexibility index (Phi) is 3.34. The molecule has 0 spiro atoms. The summed E-state index contributed by atoms with van der Waals surface area (Å²) in [5.41, 5.74) is 0.739. The van der Waals surface area contributed by atoms with Crippen molar-refractivity contribution in [2.45, 2.75) is 31.6 Å². The Hall–Kier alpha value is -1.15. The molecular formula is C14H17ClO2. The van der Waals surface area contributed by atoms with Crippen LogP contribution in [-0.4, -0.2) is 12.2 Å². The molecule has 1 unspecified atom stereocenters. The van der Waals surface area contributed by atoms with E-state index in [1.165, 1.54) is 0 Å². The van der Waals surface area contributed by atoms with Crippen LogP contribution in [0, 0.1) is 0 Å². The van der Waals surface area contributed by atoms with E-state index < -0.39 is 0 Å². The number of aliphatic hydroxyl groups is 1. The van der Waals surface area contributed by atoms with Crippen molar-refractivity contribution in [3.8, 4) is 5.75 Å². The SMILES string of the molecule is COc1cc(C2(C)CCCC=C2O)ccc1Cl. The number of methoxy groups -OCH3 is 1. The van der Waals surface area contributed by atoms with Crippen LogP contribution in [0.1, 0.15) is 31.7 Å². The topological polar surface area (TPSA) is 29.5 Å². The fourth-order valence-electron chi connectivity index (χ4n) is 2.34. The minimum absolute atomic E-state index is 0.309. The first-order valence-corrected chi connectivity index (χ1v) is 6.19. The van der Waals surface area contributed by atoms with Crippen molar-refractivity contribution in [2.75, 3.05) is 7.11 Å². The van der Waals surface area contributed by atoms with Crippen molar-refractivity contribution >= 4 is 11.6 Å². The summed E-state index contributed by atoms with van der Waals surface area (Å²) in [6.07, 6.45) is 4.89. The van der Waals surface area contributed by atoms with Crippen LogP contribution in [0.15, 0.2) is 30.0 Å². The third-order valence-corrected chi connectivity index (χ3v) is 3.88. The van der Waals surface area contributed by atoms with Gasteiger partial charge in [-0.1, -0.05) is 17.7 Å². The number of rotatable bonds is 2. The molecule has 0 saturated heterocycles. The van der Waals surface area contributed by atoms with Crippen molar-refractivity contribution in [3.05, 3.63) is 40.6 Å². The molecule has 1 aromatic carbocycles. The van der Waals surface area contributed by atoms with Crippen LogP contribution >= 0.6 is 11.6 Å². The van der Waals surface area contributed by atoms with Crippen molar-refractivity contribution in [1.29, 1.82) is 0 Å². The second-order valence-corrected chi connectivity index (χ2v) is 5.07. The largest absolute Gasteiger partial charge is 0.512 e. The van der Waals surface area contributed by atoms with Gasteiger partial charge in [0.15, 0.2) is 0 Å². The smallest absolute Gasteiger partial charge is 0.137 e. The summed E-state index contributed by atoms with van der Waals surface area (Å²) < 4.78 is 5.22. The minimum Gasteiger partial charge on any atom is -0.512 e. The minimum atomic E-state index is -0.309. The lowest BCUT2D eigenvalue weighted by Gasteiger charge is -2.32. The van der Waals surface area contributed by atoms with Crippen LogP contribution in [0.4, 0.5) is 0 Å². The number of hydrogen-bond donors (Lipinski definition) is 1. The zero-order valence-corrected chi connectivity index (χ0v) is 10.9. The van der Waals surface area contributed by atoms with E-state index in [0.29, 0.717) is 16.5 Å². The Labute approximate surface area is 107 Å². The number of halogens is 1. The summed E-state index contributed by atoms with van der Waals surface area (Å²) in [5.74, 6) is 1.11. The predicted molar refractivity (Wildman–Crippen MR) is 69.9 cm³/mol. The Morgan fingerprint density at radius 2 is 2.18 bits per heavy atom. The van der Waals surface area contributed by atoms with Crippen molar-refractivity contribution in [2.24, 2.45) is 0 Å². The van der Waals surface area contributed by atoms with Gasteiger partial charge >= 0.3 is 0 Å². The van der Waals surface area contributed by atoms with E-state index in [4.69, 9.17) is 16.3 Å². The van der Waals surface area contributed by atoms with Gasteiger partial charge in [-0.05, 0) is 50.0 Å². The molecule has 3 heteroatoms. The maximum Gasteiger partial charge on any atom is 0.137 e. The Balaban J connectivity index is 2.46. The highest BCUT2D eigenvalue weighted by molar-refractivity contribution is 6.32. The molecule has 92 valence electrons. The number of aliphatic hydroxyl groups excluding tert-OH is 1. The molecule has 0 heterocycles. The zero-order valence-electron chi connectivity index (χ0n) is 10.2. The molecule has 0 radical (unpaired) electrons. The Morgan fingerprint density at radius 3 is 2.82 bits per heavy atom. The molecule has 1 aliphatic rings. The second kappa shape index (κ2) is 4.61. The van der Waals surface area contributed by atoms with E-state index >= 15 is 0 Å². The van der Waals surface area contributed by atoms with Gasteiger partial charge in [-0.3, -0.25) is 0 Å². The van der Waals surface area contributed by atoms with Crippen molar-refractivity contribution in [3.63, 3.8) is 0 Å². The summed E-state index contributed by atoms with van der Waals surface area (Å²) in [7, 11) is 1.60. The molecule has 1 N–H and O–H groups in total. The molecule has 1 aliphatic carbocycles. The monoisotopic (exact) mass is 252 g/mol. The van der Waals surface area contributed by atoms with Gasteiger partial charge in [0.2, 0.25) is 0 Å². The molecule has 0 bridgehead atoms. The van der Waals surface area contributed by atoms with Crippen molar-refractivity contribution < 1.29 is 9.84 Å². The molecule has 0 saturated carbocycles. The average molecular weight is 253 g/mol. The van der Waals surface area contributed by atoms with Gasteiger partial charge in [0, 0.05) is 5.41 Å². The lowest BCUT2D eigenvalue weighted by Crippen LogP contribution is -2.27. The Morgan fingerprint density at radius 1 is 1.41 bits per heavy atom. The summed E-state index contributed by atoms with van der Waals surface area (Å²) in [5, 5.41) is 10.7. The highest BCUT2D eigenvalue weighted by Gasteiger charge is 2.33. The number of hydrogen-bond acceptors (Lipinski definition) is 2. The van der Waals surface area contributed by atoms with Crippen LogP contribution in [-0.2, 0) is 5.41 Å². The van der Waals surface area contributed by atoms with Crippen LogP contribution < -0.4 is 4.74 Å². The first-order valence-electron chi connectivity index (χ1n) is 5.81. The summed E-state index contributed by atoms with van der Waals surface area (Å²) in [6.45, 7) is 2.06. The maximum atomic E-state index is 10.1. The average Bonchev–Trinajstić information content (AvgIpc) is 2.33. The van der Waals surface area contributed by atoms with Crippen LogP contribution in [0.25, 0.3) is 0 Å². The van der Waals surface area contributed by atoms with Gasteiger partial charge in [0.1, 0.15) is 5.75 Å². The van der Waals surface area contributed by atoms with E-state index in [9.17, 15) is 5.11 Å². The molecule has 0 fully saturated rings. The maximum absolute atomic E-state index is 10.1. The van der Waals surface area contributed by atoms with E-state index in [2.05, 4.69) is 6.92 Å². The first-order chi connectivity index (χ1) is 8.08. The molecule has 0 aromatic heterocycles. The van der Waals surface area contributed by atoms with Gasteiger partial charge in [-0.15, -0.1) is 0 Å². The standard InChI is InChI=1S/C14H17ClO2/c1-14(8-4-3-5-13(14)16)10-6-7-11(15)12(9-10)17-2/h5-7,9,16H,3-4,8H2,1-2H3. The predicted octanol–water partition coefficient (Wildman–Crippen LogP) is 4.23. The lowest BCUT2D eigenvalue weighted by molar-refractivity contribution is 0.275.